The minimum Gasteiger partial charge on any atom is -0.678 e. The molecule has 2 heteroatoms. The fraction of sp³-hybridized carbons (Fsp3) is 0.200. The summed E-state index contributed by atoms with van der Waals surface area (Å²) in [6.07, 6.45) is 5.60. The van der Waals surface area contributed by atoms with Gasteiger partial charge in [-0.25, -0.2) is 0 Å². The topological polar surface area (TPSA) is 14.1 Å². The quantitative estimate of drug-likeness (QED) is 0.596. The van der Waals surface area contributed by atoms with E-state index in [4.69, 9.17) is 5.32 Å². The molecule has 0 aliphatic heterocycles. The van der Waals surface area contributed by atoms with Gasteiger partial charge in [0.05, 0.1) is 0 Å². The Balaban J connectivity index is 0.00000176. The molecule has 1 atom stereocenters. The van der Waals surface area contributed by atoms with Gasteiger partial charge in [-0.05, 0) is 24.5 Å². The standard InChI is InChI=1S/C20H20N.Ti/c1-15-12-13-17(14-15)20-11-7-6-10-19(20)16(2)21-18-8-4-3-5-9-18;/h3-12,14,16H,13H2,1-2H3;/q-1;. The number of para-hydroxylation sites is 1. The van der Waals surface area contributed by atoms with Crippen molar-refractivity contribution in [3.05, 3.63) is 88.8 Å². The van der Waals surface area contributed by atoms with E-state index in [-0.39, 0.29) is 27.8 Å². The molecule has 1 nitrogen and oxygen atoms in total. The third-order valence-electron chi connectivity index (χ3n) is 3.90. The molecule has 22 heavy (non-hydrogen) atoms. The fourth-order valence-electron chi connectivity index (χ4n) is 2.81. The van der Waals surface area contributed by atoms with Gasteiger partial charge in [-0.1, -0.05) is 90.9 Å². The van der Waals surface area contributed by atoms with E-state index in [0.29, 0.717) is 0 Å². The van der Waals surface area contributed by atoms with Crippen molar-refractivity contribution >= 4 is 11.3 Å². The minimum atomic E-state index is 0. The maximum atomic E-state index is 4.84. The van der Waals surface area contributed by atoms with Crippen LogP contribution in [0.15, 0.2) is 72.3 Å². The normalized spacial score (nSPS) is 14.6. The van der Waals surface area contributed by atoms with Gasteiger partial charge in [-0.3, -0.25) is 0 Å². The van der Waals surface area contributed by atoms with Crippen molar-refractivity contribution in [3.63, 3.8) is 0 Å². The van der Waals surface area contributed by atoms with Crippen LogP contribution in [0.25, 0.3) is 10.9 Å². The zero-order valence-corrected chi connectivity index (χ0v) is 14.6. The van der Waals surface area contributed by atoms with E-state index in [2.05, 4.69) is 62.4 Å². The van der Waals surface area contributed by atoms with E-state index in [9.17, 15) is 0 Å². The van der Waals surface area contributed by atoms with Crippen LogP contribution < -0.4 is 0 Å². The summed E-state index contributed by atoms with van der Waals surface area (Å²) in [6.45, 7) is 4.33. The summed E-state index contributed by atoms with van der Waals surface area (Å²) in [7, 11) is 0. The zero-order chi connectivity index (χ0) is 14.7. The van der Waals surface area contributed by atoms with E-state index >= 15 is 0 Å². The van der Waals surface area contributed by atoms with Gasteiger partial charge < -0.3 is 5.32 Å². The maximum Gasteiger partial charge on any atom is 0 e. The Morgan fingerprint density at radius 2 is 1.64 bits per heavy atom. The van der Waals surface area contributed by atoms with Crippen LogP contribution in [0.2, 0.25) is 0 Å². The molecule has 2 aromatic rings. The molecule has 0 spiro atoms. The molecule has 1 aliphatic rings. The predicted molar refractivity (Wildman–Crippen MR) is 90.7 cm³/mol. The maximum absolute atomic E-state index is 4.84. The summed E-state index contributed by atoms with van der Waals surface area (Å²) in [5.41, 5.74) is 6.42. The van der Waals surface area contributed by atoms with Crippen LogP contribution >= 0.6 is 0 Å². The molecule has 0 radical (unpaired) electrons. The molecule has 0 aromatic heterocycles. The fourth-order valence-corrected chi connectivity index (χ4v) is 2.81. The van der Waals surface area contributed by atoms with Crippen LogP contribution in [0.1, 0.15) is 37.4 Å². The first-order valence-electron chi connectivity index (χ1n) is 7.46. The van der Waals surface area contributed by atoms with Gasteiger partial charge in [-0.2, -0.15) is 0 Å². The van der Waals surface area contributed by atoms with Crippen molar-refractivity contribution < 1.29 is 21.7 Å². The second-order valence-electron chi connectivity index (χ2n) is 5.55. The number of nitrogens with zero attached hydrogens (tertiary/aromatic N) is 1. The van der Waals surface area contributed by atoms with E-state index in [1.807, 2.05) is 18.2 Å². The molecule has 0 saturated carbocycles. The molecule has 0 saturated heterocycles. The zero-order valence-electron chi connectivity index (χ0n) is 13.1. The van der Waals surface area contributed by atoms with Crippen LogP contribution in [0.5, 0.6) is 0 Å². The SMILES string of the molecule is CC1=CCC(c2ccccc2C(C)[N-]c2ccccc2)=C1.[Ti]. The van der Waals surface area contributed by atoms with Crippen LogP contribution in [0, 0.1) is 0 Å². The molecule has 3 rings (SSSR count). The third-order valence-corrected chi connectivity index (χ3v) is 3.90. The monoisotopic (exact) mass is 322 g/mol. The molecule has 1 aliphatic carbocycles. The Morgan fingerprint density at radius 1 is 0.955 bits per heavy atom. The predicted octanol–water partition coefficient (Wildman–Crippen LogP) is 6.18. The molecule has 0 amide bonds. The van der Waals surface area contributed by atoms with Gasteiger partial charge in [0.1, 0.15) is 0 Å². The summed E-state index contributed by atoms with van der Waals surface area (Å²) in [6, 6.07) is 19.0. The average molecular weight is 322 g/mol. The second-order valence-corrected chi connectivity index (χ2v) is 5.55. The minimum absolute atomic E-state index is 0. The van der Waals surface area contributed by atoms with Crippen molar-refractivity contribution in [2.75, 3.05) is 0 Å². The van der Waals surface area contributed by atoms with E-state index in [1.165, 1.54) is 22.3 Å². The molecular weight excluding hydrogens is 302 g/mol. The summed E-state index contributed by atoms with van der Waals surface area (Å²) in [4.78, 5) is 0. The van der Waals surface area contributed by atoms with Crippen molar-refractivity contribution in [1.82, 2.24) is 0 Å². The van der Waals surface area contributed by atoms with Crippen LogP contribution in [-0.4, -0.2) is 0 Å². The van der Waals surface area contributed by atoms with Crippen LogP contribution in [0.4, 0.5) is 5.69 Å². The Morgan fingerprint density at radius 3 is 2.32 bits per heavy atom. The van der Waals surface area contributed by atoms with Crippen molar-refractivity contribution in [2.24, 2.45) is 0 Å². The van der Waals surface area contributed by atoms with Crippen LogP contribution in [-0.2, 0) is 21.7 Å². The first-order valence-corrected chi connectivity index (χ1v) is 7.46. The largest absolute Gasteiger partial charge is 0.678 e. The average Bonchev–Trinajstić information content (AvgIpc) is 2.95. The number of rotatable bonds is 4. The Bertz CT molecular complexity index is 686. The molecule has 1 unspecified atom stereocenters. The van der Waals surface area contributed by atoms with Gasteiger partial charge in [0.25, 0.3) is 0 Å². The third kappa shape index (κ3) is 3.79. The molecule has 0 fully saturated rings. The summed E-state index contributed by atoms with van der Waals surface area (Å²) in [5, 5.41) is 4.84. The first kappa shape index (κ1) is 16.8. The molecule has 110 valence electrons. The van der Waals surface area contributed by atoms with Gasteiger partial charge in [0, 0.05) is 21.7 Å². The first-order chi connectivity index (χ1) is 10.2. The number of benzene rings is 2. The van der Waals surface area contributed by atoms with Gasteiger partial charge in [0.15, 0.2) is 0 Å². The van der Waals surface area contributed by atoms with Crippen molar-refractivity contribution in [2.45, 2.75) is 26.3 Å². The number of hydrogen-bond donors (Lipinski definition) is 0. The van der Waals surface area contributed by atoms with Gasteiger partial charge in [0.2, 0.25) is 0 Å². The number of allylic oxidation sites excluding steroid dienone is 4. The van der Waals surface area contributed by atoms with E-state index in [0.717, 1.165) is 12.1 Å². The van der Waals surface area contributed by atoms with Gasteiger partial charge in [-0.15, -0.1) is 5.69 Å². The smallest absolute Gasteiger partial charge is 0 e. The van der Waals surface area contributed by atoms with Gasteiger partial charge >= 0.3 is 0 Å². The second kappa shape index (κ2) is 7.62. The Labute approximate surface area is 148 Å². The molecule has 0 heterocycles. The Hall–Kier alpha value is -1.57. The summed E-state index contributed by atoms with van der Waals surface area (Å²) >= 11 is 0. The number of hydrogen-bond acceptors (Lipinski definition) is 0. The van der Waals surface area contributed by atoms with Crippen molar-refractivity contribution in [3.8, 4) is 0 Å². The Kier molecular flexibility index (Phi) is 5.82. The molecular formula is C20H20NTi-. The molecule has 2 aromatic carbocycles. The molecule has 0 bridgehead atoms. The van der Waals surface area contributed by atoms with Crippen LogP contribution in [0.3, 0.4) is 0 Å². The van der Waals surface area contributed by atoms with Crippen molar-refractivity contribution in [1.29, 1.82) is 0 Å². The molecule has 0 N–H and O–H groups in total. The van der Waals surface area contributed by atoms with E-state index < -0.39 is 0 Å². The van der Waals surface area contributed by atoms with E-state index in [1.54, 1.807) is 0 Å². The summed E-state index contributed by atoms with van der Waals surface area (Å²) < 4.78 is 0. The summed E-state index contributed by atoms with van der Waals surface area (Å²) in [5.74, 6) is 0.